The van der Waals surface area contributed by atoms with E-state index >= 15 is 0 Å². The normalized spacial score (nSPS) is 10.6. The van der Waals surface area contributed by atoms with Gasteiger partial charge in [-0.2, -0.15) is 0 Å². The zero-order valence-electron chi connectivity index (χ0n) is 12.1. The molecule has 20 heavy (non-hydrogen) atoms. The molecule has 0 unspecified atom stereocenters. The van der Waals surface area contributed by atoms with Crippen LogP contribution in [0.15, 0.2) is 10.8 Å². The monoisotopic (exact) mass is 346 g/mol. The first-order valence-electron chi connectivity index (χ1n) is 6.84. The van der Waals surface area contributed by atoms with E-state index in [-0.39, 0.29) is 0 Å². The van der Waals surface area contributed by atoms with Gasteiger partial charge in [-0.15, -0.1) is 0 Å². The topological polar surface area (TPSA) is 68.3 Å². The number of nitrogens with one attached hydrogen (secondary N) is 2. The summed E-state index contributed by atoms with van der Waals surface area (Å²) in [4.78, 5) is 8.43. The highest BCUT2D eigenvalue weighted by Gasteiger charge is 2.07. The predicted octanol–water partition coefficient (Wildman–Crippen LogP) is 2.53. The van der Waals surface area contributed by atoms with Crippen molar-refractivity contribution >= 4 is 27.6 Å². The molecule has 1 rings (SSSR count). The van der Waals surface area contributed by atoms with E-state index in [2.05, 4.69) is 43.5 Å². The Hall–Kier alpha value is -0.920. The molecule has 6 nitrogen and oxygen atoms in total. The highest BCUT2D eigenvalue weighted by Crippen LogP contribution is 2.26. The van der Waals surface area contributed by atoms with Gasteiger partial charge in [0.15, 0.2) is 0 Å². The zero-order valence-corrected chi connectivity index (χ0v) is 13.7. The second-order valence-corrected chi connectivity index (χ2v) is 4.99. The summed E-state index contributed by atoms with van der Waals surface area (Å²) in [7, 11) is 1.67. The summed E-state index contributed by atoms with van der Waals surface area (Å²) in [5.41, 5.74) is 0. The first-order chi connectivity index (χ1) is 9.79. The van der Waals surface area contributed by atoms with Gasteiger partial charge in [0.25, 0.3) is 0 Å². The van der Waals surface area contributed by atoms with Crippen molar-refractivity contribution in [2.75, 3.05) is 50.7 Å². The molecule has 0 fully saturated rings. The number of hydrogen-bond donors (Lipinski definition) is 2. The van der Waals surface area contributed by atoms with E-state index < -0.39 is 0 Å². The molecule has 7 heteroatoms. The number of methoxy groups -OCH3 is 1. The van der Waals surface area contributed by atoms with Gasteiger partial charge in [-0.3, -0.25) is 0 Å². The van der Waals surface area contributed by atoms with Crippen LogP contribution in [0.25, 0.3) is 0 Å². The summed E-state index contributed by atoms with van der Waals surface area (Å²) in [6.45, 7) is 5.79. The minimum absolute atomic E-state index is 0.636. The standard InChI is InChI=1S/C13H23BrN4O2/c1-3-5-15-12-11(14)13(18-10-17-12)16-6-4-7-20-9-8-19-2/h10H,3-9H2,1-2H3,(H2,15,16,17,18). The molecule has 0 amide bonds. The Morgan fingerprint density at radius 1 is 1.10 bits per heavy atom. The molecule has 0 atom stereocenters. The Balaban J connectivity index is 2.29. The van der Waals surface area contributed by atoms with Crippen LogP contribution < -0.4 is 10.6 Å². The number of nitrogens with zero attached hydrogens (tertiary/aromatic N) is 2. The molecule has 1 heterocycles. The fourth-order valence-electron chi connectivity index (χ4n) is 1.49. The van der Waals surface area contributed by atoms with Crippen LogP contribution in [0.5, 0.6) is 0 Å². The van der Waals surface area contributed by atoms with E-state index in [1.54, 1.807) is 13.4 Å². The molecule has 0 aliphatic heterocycles. The lowest BCUT2D eigenvalue weighted by Gasteiger charge is -2.11. The molecule has 0 radical (unpaired) electrons. The van der Waals surface area contributed by atoms with Crippen LogP contribution in [0.3, 0.4) is 0 Å². The van der Waals surface area contributed by atoms with Crippen molar-refractivity contribution in [2.45, 2.75) is 19.8 Å². The van der Waals surface area contributed by atoms with Gasteiger partial charge in [-0.1, -0.05) is 6.92 Å². The fraction of sp³-hybridized carbons (Fsp3) is 0.692. The summed E-state index contributed by atoms with van der Waals surface area (Å²) in [6.07, 6.45) is 3.52. The smallest absolute Gasteiger partial charge is 0.145 e. The van der Waals surface area contributed by atoms with E-state index in [1.807, 2.05) is 0 Å². The molecule has 0 aromatic carbocycles. The number of rotatable bonds is 11. The largest absolute Gasteiger partial charge is 0.382 e. The van der Waals surface area contributed by atoms with Crippen molar-refractivity contribution < 1.29 is 9.47 Å². The van der Waals surface area contributed by atoms with Gasteiger partial charge in [-0.25, -0.2) is 9.97 Å². The maximum atomic E-state index is 5.40. The summed E-state index contributed by atoms with van der Waals surface area (Å²) < 4.78 is 11.2. The van der Waals surface area contributed by atoms with Crippen LogP contribution in [-0.4, -0.2) is 50.0 Å². The highest BCUT2D eigenvalue weighted by atomic mass is 79.9. The van der Waals surface area contributed by atoms with Crippen LogP contribution in [0, 0.1) is 0 Å². The zero-order chi connectivity index (χ0) is 14.6. The van der Waals surface area contributed by atoms with E-state index in [0.29, 0.717) is 19.8 Å². The Morgan fingerprint density at radius 3 is 2.45 bits per heavy atom. The maximum Gasteiger partial charge on any atom is 0.145 e. The SMILES string of the molecule is CCCNc1ncnc(NCCCOCCOC)c1Br. The predicted molar refractivity (Wildman–Crippen MR) is 84.3 cm³/mol. The maximum absolute atomic E-state index is 5.40. The van der Waals surface area contributed by atoms with Crippen molar-refractivity contribution in [3.05, 3.63) is 10.8 Å². The Bertz CT molecular complexity index is 379. The van der Waals surface area contributed by atoms with Gasteiger partial charge in [0.1, 0.15) is 22.4 Å². The molecule has 0 saturated carbocycles. The van der Waals surface area contributed by atoms with Crippen LogP contribution in [0.2, 0.25) is 0 Å². The van der Waals surface area contributed by atoms with Crippen molar-refractivity contribution in [1.29, 1.82) is 0 Å². The molecule has 0 aliphatic rings. The van der Waals surface area contributed by atoms with Crippen molar-refractivity contribution in [2.24, 2.45) is 0 Å². The van der Waals surface area contributed by atoms with Crippen LogP contribution in [0.1, 0.15) is 19.8 Å². The molecule has 2 N–H and O–H groups in total. The number of aromatic nitrogens is 2. The molecule has 1 aromatic heterocycles. The second kappa shape index (κ2) is 10.8. The van der Waals surface area contributed by atoms with Crippen LogP contribution in [0.4, 0.5) is 11.6 Å². The van der Waals surface area contributed by atoms with Crippen LogP contribution in [-0.2, 0) is 9.47 Å². The molecule has 0 saturated heterocycles. The van der Waals surface area contributed by atoms with E-state index in [9.17, 15) is 0 Å². The van der Waals surface area contributed by atoms with Gasteiger partial charge >= 0.3 is 0 Å². The van der Waals surface area contributed by atoms with Crippen molar-refractivity contribution in [3.8, 4) is 0 Å². The fourth-order valence-corrected chi connectivity index (χ4v) is 1.97. The number of ether oxygens (including phenoxy) is 2. The first-order valence-corrected chi connectivity index (χ1v) is 7.63. The quantitative estimate of drug-likeness (QED) is 0.600. The lowest BCUT2D eigenvalue weighted by Crippen LogP contribution is -2.11. The van der Waals surface area contributed by atoms with Gasteiger partial charge in [0.05, 0.1) is 13.2 Å². The van der Waals surface area contributed by atoms with Gasteiger partial charge < -0.3 is 20.1 Å². The third-order valence-corrected chi connectivity index (χ3v) is 3.27. The molecular weight excluding hydrogens is 324 g/mol. The minimum atomic E-state index is 0.636. The van der Waals surface area contributed by atoms with Crippen molar-refractivity contribution in [1.82, 2.24) is 9.97 Å². The van der Waals surface area contributed by atoms with Gasteiger partial charge in [0, 0.05) is 26.8 Å². The number of halogens is 1. The second-order valence-electron chi connectivity index (χ2n) is 4.20. The third-order valence-electron chi connectivity index (χ3n) is 2.52. The summed E-state index contributed by atoms with van der Waals surface area (Å²) in [5.74, 6) is 1.62. The minimum Gasteiger partial charge on any atom is -0.382 e. The molecule has 1 aromatic rings. The summed E-state index contributed by atoms with van der Waals surface area (Å²) >= 11 is 3.52. The van der Waals surface area contributed by atoms with E-state index in [4.69, 9.17) is 9.47 Å². The van der Waals surface area contributed by atoms with E-state index in [0.717, 1.165) is 42.0 Å². The Labute approximate surface area is 128 Å². The lowest BCUT2D eigenvalue weighted by atomic mass is 10.4. The summed E-state index contributed by atoms with van der Waals surface area (Å²) in [5, 5.41) is 6.52. The third kappa shape index (κ3) is 6.49. The molecular formula is C13H23BrN4O2. The Kier molecular flexibility index (Phi) is 9.27. The summed E-state index contributed by atoms with van der Waals surface area (Å²) in [6, 6.07) is 0. The van der Waals surface area contributed by atoms with Crippen molar-refractivity contribution in [3.63, 3.8) is 0 Å². The highest BCUT2D eigenvalue weighted by molar-refractivity contribution is 9.10. The number of hydrogen-bond acceptors (Lipinski definition) is 6. The van der Waals surface area contributed by atoms with E-state index in [1.165, 1.54) is 0 Å². The van der Waals surface area contributed by atoms with Gasteiger partial charge in [-0.05, 0) is 28.8 Å². The van der Waals surface area contributed by atoms with Gasteiger partial charge in [0.2, 0.25) is 0 Å². The average Bonchev–Trinajstić information content (AvgIpc) is 2.46. The Morgan fingerprint density at radius 2 is 1.80 bits per heavy atom. The van der Waals surface area contributed by atoms with Crippen LogP contribution >= 0.6 is 15.9 Å². The molecule has 0 spiro atoms. The average molecular weight is 347 g/mol. The first kappa shape index (κ1) is 17.1. The molecule has 114 valence electrons. The molecule has 0 bridgehead atoms. The number of anilines is 2. The molecule has 0 aliphatic carbocycles. The lowest BCUT2D eigenvalue weighted by molar-refractivity contribution is 0.0705.